The molecule has 2 N–H and O–H groups in total. The van der Waals surface area contributed by atoms with E-state index in [0.29, 0.717) is 22.8 Å². The normalized spacial score (nSPS) is 10.4. The fourth-order valence-electron chi connectivity index (χ4n) is 2.27. The van der Waals surface area contributed by atoms with Gasteiger partial charge in [-0.15, -0.1) is 10.2 Å². The number of nitrogens with zero attached hydrogens (tertiary/aromatic N) is 2. The number of ether oxygens (including phenoxy) is 2. The maximum Gasteiger partial charge on any atom is 0.321 e. The average Bonchev–Trinajstić information content (AvgIpc) is 3.42. The first kappa shape index (κ1) is 20.3. The van der Waals surface area contributed by atoms with Crippen LogP contribution in [0.2, 0.25) is 0 Å². The van der Waals surface area contributed by atoms with Gasteiger partial charge in [-0.2, -0.15) is 0 Å². The number of methoxy groups -OCH3 is 2. The lowest BCUT2D eigenvalue weighted by Crippen LogP contribution is -2.39. The van der Waals surface area contributed by atoms with E-state index < -0.39 is 11.9 Å². The zero-order valence-corrected chi connectivity index (χ0v) is 16.4. The Morgan fingerprint density at radius 3 is 2.69 bits per heavy atom. The third-order valence-corrected chi connectivity index (χ3v) is 4.44. The molecule has 0 atom stereocenters. The molecule has 0 saturated carbocycles. The first-order valence-corrected chi connectivity index (χ1v) is 9.36. The van der Waals surface area contributed by atoms with Gasteiger partial charge in [-0.1, -0.05) is 11.8 Å². The van der Waals surface area contributed by atoms with Crippen LogP contribution in [0.15, 0.2) is 50.7 Å². The van der Waals surface area contributed by atoms with Crippen LogP contribution in [0.25, 0.3) is 11.5 Å². The lowest BCUT2D eigenvalue weighted by Gasteiger charge is -2.07. The summed E-state index contributed by atoms with van der Waals surface area (Å²) in [5.41, 5.74) is 0.642. The van der Waals surface area contributed by atoms with E-state index in [2.05, 4.69) is 20.8 Å². The molecule has 3 rings (SSSR count). The molecule has 0 aliphatic heterocycles. The van der Waals surface area contributed by atoms with Gasteiger partial charge in [0.2, 0.25) is 11.8 Å². The second-order valence-electron chi connectivity index (χ2n) is 5.54. The highest BCUT2D eigenvalue weighted by Crippen LogP contribution is 2.32. The number of hydrogen-bond donors (Lipinski definition) is 2. The summed E-state index contributed by atoms with van der Waals surface area (Å²) >= 11 is 1.01. The van der Waals surface area contributed by atoms with Crippen LogP contribution in [0.5, 0.6) is 11.5 Å². The highest BCUT2D eigenvalue weighted by atomic mass is 32.2. The van der Waals surface area contributed by atoms with Gasteiger partial charge in [-0.05, 0) is 30.3 Å². The van der Waals surface area contributed by atoms with Crippen molar-refractivity contribution in [2.75, 3.05) is 20.0 Å². The Bertz CT molecular complexity index is 973. The van der Waals surface area contributed by atoms with Crippen LogP contribution in [0, 0.1) is 0 Å². The summed E-state index contributed by atoms with van der Waals surface area (Å²) in [6.07, 6.45) is 1.50. The van der Waals surface area contributed by atoms with Crippen LogP contribution in [0.3, 0.4) is 0 Å². The number of nitrogens with one attached hydrogen (secondary N) is 2. The minimum Gasteiger partial charge on any atom is -0.493 e. The van der Waals surface area contributed by atoms with Gasteiger partial charge < -0.3 is 23.6 Å². The third-order valence-electron chi connectivity index (χ3n) is 3.62. The average molecular weight is 418 g/mol. The fourth-order valence-corrected chi connectivity index (χ4v) is 2.83. The van der Waals surface area contributed by atoms with E-state index >= 15 is 0 Å². The van der Waals surface area contributed by atoms with Gasteiger partial charge in [0.05, 0.1) is 32.8 Å². The van der Waals surface area contributed by atoms with E-state index in [4.69, 9.17) is 18.3 Å². The Hall–Kier alpha value is -3.47. The van der Waals surface area contributed by atoms with E-state index in [0.717, 1.165) is 11.8 Å². The number of carbonyl (C=O) groups excluding carboxylic acids is 2. The Balaban J connectivity index is 1.50. The number of hydrogen-bond acceptors (Lipinski definition) is 9. The molecule has 0 saturated heterocycles. The van der Waals surface area contributed by atoms with Crippen LogP contribution < -0.4 is 20.1 Å². The molecule has 0 unspecified atom stereocenters. The van der Waals surface area contributed by atoms with Crippen LogP contribution in [-0.2, 0) is 11.3 Å². The van der Waals surface area contributed by atoms with Crippen LogP contribution >= 0.6 is 11.8 Å². The van der Waals surface area contributed by atoms with Gasteiger partial charge in [0, 0.05) is 5.56 Å². The van der Waals surface area contributed by atoms with Crippen molar-refractivity contribution in [3.63, 3.8) is 0 Å². The molecule has 0 fully saturated rings. The van der Waals surface area contributed by atoms with Gasteiger partial charge in [-0.3, -0.25) is 10.1 Å². The molecule has 2 aromatic heterocycles. The van der Waals surface area contributed by atoms with Crippen molar-refractivity contribution in [2.24, 2.45) is 0 Å². The number of rotatable bonds is 8. The Kier molecular flexibility index (Phi) is 6.74. The summed E-state index contributed by atoms with van der Waals surface area (Å²) in [5.74, 6) is 1.38. The molecule has 29 heavy (non-hydrogen) atoms. The molecule has 0 spiro atoms. The minimum absolute atomic E-state index is 0.0677. The number of benzene rings is 1. The highest BCUT2D eigenvalue weighted by Gasteiger charge is 2.15. The molecule has 0 aliphatic carbocycles. The Morgan fingerprint density at radius 2 is 1.97 bits per heavy atom. The summed E-state index contributed by atoms with van der Waals surface area (Å²) in [5, 5.41) is 12.8. The zero-order chi connectivity index (χ0) is 20.6. The molecule has 0 aliphatic rings. The van der Waals surface area contributed by atoms with Gasteiger partial charge >= 0.3 is 6.03 Å². The number of imide groups is 1. The maximum atomic E-state index is 11.9. The second-order valence-corrected chi connectivity index (χ2v) is 6.47. The maximum absolute atomic E-state index is 11.9. The molecule has 0 bridgehead atoms. The summed E-state index contributed by atoms with van der Waals surface area (Å²) in [4.78, 5) is 23.6. The number of urea groups is 1. The summed E-state index contributed by atoms with van der Waals surface area (Å²) in [7, 11) is 3.07. The smallest absolute Gasteiger partial charge is 0.321 e. The second kappa shape index (κ2) is 9.64. The molecule has 1 aromatic carbocycles. The van der Waals surface area contributed by atoms with Crippen molar-refractivity contribution in [3.8, 4) is 23.0 Å². The molecule has 3 aromatic rings. The number of furan rings is 1. The lowest BCUT2D eigenvalue weighted by atomic mass is 10.2. The number of amides is 3. The fraction of sp³-hybridized carbons (Fsp3) is 0.222. The molecular formula is C18H18N4O6S. The summed E-state index contributed by atoms with van der Waals surface area (Å²) in [6, 6.07) is 7.97. The number of thioether (sulfide) groups is 1. The van der Waals surface area contributed by atoms with Crippen LogP contribution in [0.4, 0.5) is 4.79 Å². The number of aromatic nitrogens is 2. The van der Waals surface area contributed by atoms with Crippen molar-refractivity contribution in [3.05, 3.63) is 42.4 Å². The van der Waals surface area contributed by atoms with E-state index in [1.807, 2.05) is 0 Å². The SMILES string of the molecule is COc1ccc(-c2nnc(SCC(=O)NC(=O)NCc3ccco3)o2)cc1OC. The van der Waals surface area contributed by atoms with Gasteiger partial charge in [0.15, 0.2) is 11.5 Å². The standard InChI is InChI=1S/C18H18N4O6S/c1-25-13-6-5-11(8-14(13)26-2)16-21-22-18(28-16)29-10-15(23)20-17(24)19-9-12-4-3-7-27-12/h3-8H,9-10H2,1-2H3,(H2,19,20,23,24). The van der Waals surface area contributed by atoms with Gasteiger partial charge in [0.25, 0.3) is 5.22 Å². The minimum atomic E-state index is -0.622. The number of carbonyl (C=O) groups is 2. The van der Waals surface area contributed by atoms with Crippen molar-refractivity contribution in [1.29, 1.82) is 0 Å². The van der Waals surface area contributed by atoms with Crippen molar-refractivity contribution in [1.82, 2.24) is 20.8 Å². The van der Waals surface area contributed by atoms with E-state index in [1.165, 1.54) is 13.4 Å². The van der Waals surface area contributed by atoms with E-state index in [-0.39, 0.29) is 23.4 Å². The highest BCUT2D eigenvalue weighted by molar-refractivity contribution is 7.99. The molecule has 11 heteroatoms. The summed E-state index contributed by atoms with van der Waals surface area (Å²) in [6.45, 7) is 0.178. The first-order chi connectivity index (χ1) is 14.1. The van der Waals surface area contributed by atoms with Crippen molar-refractivity contribution < 1.29 is 27.9 Å². The van der Waals surface area contributed by atoms with Gasteiger partial charge in [0.1, 0.15) is 5.76 Å². The van der Waals surface area contributed by atoms with Crippen molar-refractivity contribution >= 4 is 23.7 Å². The van der Waals surface area contributed by atoms with E-state index in [1.54, 1.807) is 37.4 Å². The van der Waals surface area contributed by atoms with Crippen LogP contribution in [0.1, 0.15) is 5.76 Å². The molecule has 10 nitrogen and oxygen atoms in total. The zero-order valence-electron chi connectivity index (χ0n) is 15.6. The molecule has 2 heterocycles. The lowest BCUT2D eigenvalue weighted by molar-refractivity contribution is -0.117. The predicted molar refractivity (Wildman–Crippen MR) is 103 cm³/mol. The first-order valence-electron chi connectivity index (χ1n) is 8.38. The van der Waals surface area contributed by atoms with E-state index in [9.17, 15) is 9.59 Å². The molecular weight excluding hydrogens is 400 g/mol. The summed E-state index contributed by atoms with van der Waals surface area (Å²) < 4.78 is 21.1. The molecule has 152 valence electrons. The molecule has 0 radical (unpaired) electrons. The Labute approximate surface area is 170 Å². The molecule has 3 amide bonds. The van der Waals surface area contributed by atoms with Gasteiger partial charge in [-0.25, -0.2) is 4.79 Å². The Morgan fingerprint density at radius 1 is 1.14 bits per heavy atom. The monoisotopic (exact) mass is 418 g/mol. The quantitative estimate of drug-likeness (QED) is 0.530. The van der Waals surface area contributed by atoms with Crippen LogP contribution in [-0.4, -0.2) is 42.1 Å². The predicted octanol–water partition coefficient (Wildman–Crippen LogP) is 2.46. The largest absolute Gasteiger partial charge is 0.493 e. The topological polar surface area (TPSA) is 129 Å². The third kappa shape index (κ3) is 5.51. The van der Waals surface area contributed by atoms with Crippen molar-refractivity contribution in [2.45, 2.75) is 11.8 Å².